The van der Waals surface area contributed by atoms with Crippen LogP contribution in [0.4, 0.5) is 5.82 Å². The van der Waals surface area contributed by atoms with E-state index in [-0.39, 0.29) is 11.6 Å². The highest BCUT2D eigenvalue weighted by atomic mass is 16.1. The van der Waals surface area contributed by atoms with Crippen molar-refractivity contribution >= 4 is 5.82 Å². The predicted molar refractivity (Wildman–Crippen MR) is 83.3 cm³/mol. The first kappa shape index (κ1) is 13.8. The van der Waals surface area contributed by atoms with Crippen molar-refractivity contribution < 1.29 is 0 Å². The number of rotatable bonds is 5. The standard InChI is InChI=1S/C16H20N4O/c21-16-15(17-8-9-18-16)19-12-14(20-10-4-5-11-20)13-6-2-1-3-7-13/h1-3,6-9,14H,4-5,10-12H2,(H,17,19)(H,18,21). The maximum atomic E-state index is 11.7. The van der Waals surface area contributed by atoms with Crippen molar-refractivity contribution in [3.63, 3.8) is 0 Å². The van der Waals surface area contributed by atoms with E-state index in [1.165, 1.54) is 18.4 Å². The topological polar surface area (TPSA) is 61.0 Å². The van der Waals surface area contributed by atoms with E-state index >= 15 is 0 Å². The number of benzene rings is 1. The molecule has 21 heavy (non-hydrogen) atoms. The third kappa shape index (κ3) is 3.31. The minimum Gasteiger partial charge on any atom is -0.364 e. The van der Waals surface area contributed by atoms with E-state index < -0.39 is 0 Å². The van der Waals surface area contributed by atoms with Gasteiger partial charge in [0, 0.05) is 18.9 Å². The Bertz CT molecular complexity index is 619. The molecule has 0 aliphatic carbocycles. The highest BCUT2D eigenvalue weighted by Gasteiger charge is 2.23. The monoisotopic (exact) mass is 284 g/mol. The van der Waals surface area contributed by atoms with Crippen LogP contribution in [0.1, 0.15) is 24.4 Å². The number of aromatic amines is 1. The van der Waals surface area contributed by atoms with Gasteiger partial charge in [-0.1, -0.05) is 30.3 Å². The molecule has 2 aromatic rings. The number of nitrogens with zero attached hydrogens (tertiary/aromatic N) is 2. The summed E-state index contributed by atoms with van der Waals surface area (Å²) in [6.45, 7) is 2.91. The van der Waals surface area contributed by atoms with Crippen LogP contribution in [0.5, 0.6) is 0 Å². The average molecular weight is 284 g/mol. The number of H-pyrrole nitrogens is 1. The van der Waals surface area contributed by atoms with Crippen LogP contribution in [-0.2, 0) is 0 Å². The first-order valence-corrected chi connectivity index (χ1v) is 7.41. The van der Waals surface area contributed by atoms with Gasteiger partial charge in [0.15, 0.2) is 5.82 Å². The lowest BCUT2D eigenvalue weighted by Gasteiger charge is -2.28. The van der Waals surface area contributed by atoms with Gasteiger partial charge < -0.3 is 10.3 Å². The minimum absolute atomic E-state index is 0.175. The Balaban J connectivity index is 1.76. The van der Waals surface area contributed by atoms with Gasteiger partial charge in [0.05, 0.1) is 6.04 Å². The lowest BCUT2D eigenvalue weighted by atomic mass is 10.1. The Labute approximate surface area is 124 Å². The van der Waals surface area contributed by atoms with Crippen LogP contribution in [0.3, 0.4) is 0 Å². The molecule has 1 aromatic heterocycles. The highest BCUT2D eigenvalue weighted by molar-refractivity contribution is 5.32. The van der Waals surface area contributed by atoms with Gasteiger partial charge >= 0.3 is 0 Å². The van der Waals surface area contributed by atoms with E-state index in [0.717, 1.165) is 13.1 Å². The zero-order valence-corrected chi connectivity index (χ0v) is 12.0. The Morgan fingerprint density at radius 2 is 2.00 bits per heavy atom. The summed E-state index contributed by atoms with van der Waals surface area (Å²) in [4.78, 5) is 20.9. The fraction of sp³-hybridized carbons (Fsp3) is 0.375. The molecule has 1 aliphatic heterocycles. The molecule has 3 rings (SSSR count). The quantitative estimate of drug-likeness (QED) is 0.882. The molecule has 2 N–H and O–H groups in total. The van der Waals surface area contributed by atoms with Gasteiger partial charge in [-0.05, 0) is 31.5 Å². The summed E-state index contributed by atoms with van der Waals surface area (Å²) in [7, 11) is 0. The fourth-order valence-electron chi connectivity index (χ4n) is 2.86. The van der Waals surface area contributed by atoms with E-state index in [0.29, 0.717) is 12.4 Å². The summed E-state index contributed by atoms with van der Waals surface area (Å²) < 4.78 is 0. The second-order valence-electron chi connectivity index (χ2n) is 5.32. The lowest BCUT2D eigenvalue weighted by Crippen LogP contribution is -2.32. The number of aromatic nitrogens is 2. The molecule has 110 valence electrons. The van der Waals surface area contributed by atoms with E-state index in [4.69, 9.17) is 0 Å². The SMILES string of the molecule is O=c1[nH]ccnc1NCC(c1ccccc1)N1CCCC1. The smallest absolute Gasteiger partial charge is 0.290 e. The zero-order chi connectivity index (χ0) is 14.5. The molecule has 0 spiro atoms. The Morgan fingerprint density at radius 3 is 2.71 bits per heavy atom. The Morgan fingerprint density at radius 1 is 1.24 bits per heavy atom. The largest absolute Gasteiger partial charge is 0.364 e. The number of hydrogen-bond donors (Lipinski definition) is 2. The second kappa shape index (κ2) is 6.54. The van der Waals surface area contributed by atoms with Crippen molar-refractivity contribution in [1.82, 2.24) is 14.9 Å². The van der Waals surface area contributed by atoms with E-state index in [1.807, 2.05) is 6.07 Å². The van der Waals surface area contributed by atoms with E-state index in [2.05, 4.69) is 44.5 Å². The highest BCUT2D eigenvalue weighted by Crippen LogP contribution is 2.24. The van der Waals surface area contributed by atoms with Crippen LogP contribution < -0.4 is 10.9 Å². The van der Waals surface area contributed by atoms with Crippen LogP contribution in [0, 0.1) is 0 Å². The summed E-state index contributed by atoms with van der Waals surface area (Å²) in [5.41, 5.74) is 1.10. The molecule has 2 heterocycles. The summed E-state index contributed by atoms with van der Waals surface area (Å²) in [6, 6.07) is 10.7. The minimum atomic E-state index is -0.175. The molecule has 0 radical (unpaired) electrons. The van der Waals surface area contributed by atoms with E-state index in [1.54, 1.807) is 12.4 Å². The molecule has 1 fully saturated rings. The van der Waals surface area contributed by atoms with Crippen molar-refractivity contribution in [2.45, 2.75) is 18.9 Å². The van der Waals surface area contributed by atoms with Crippen LogP contribution in [0.25, 0.3) is 0 Å². The maximum absolute atomic E-state index is 11.7. The van der Waals surface area contributed by atoms with Gasteiger partial charge in [-0.15, -0.1) is 0 Å². The first-order chi connectivity index (χ1) is 10.3. The van der Waals surface area contributed by atoms with Crippen molar-refractivity contribution in [1.29, 1.82) is 0 Å². The molecule has 5 heteroatoms. The Hall–Kier alpha value is -2.14. The van der Waals surface area contributed by atoms with Crippen molar-refractivity contribution in [2.75, 3.05) is 25.0 Å². The zero-order valence-electron chi connectivity index (χ0n) is 12.0. The number of nitrogens with one attached hydrogen (secondary N) is 2. The van der Waals surface area contributed by atoms with Crippen molar-refractivity contribution in [3.8, 4) is 0 Å². The summed E-state index contributed by atoms with van der Waals surface area (Å²) >= 11 is 0. The number of hydrogen-bond acceptors (Lipinski definition) is 4. The molecular weight excluding hydrogens is 264 g/mol. The molecule has 1 atom stereocenters. The number of anilines is 1. The summed E-state index contributed by atoms with van der Waals surface area (Å²) in [5.74, 6) is 0.387. The molecule has 5 nitrogen and oxygen atoms in total. The molecule has 0 bridgehead atoms. The number of likely N-dealkylation sites (tertiary alicyclic amines) is 1. The van der Waals surface area contributed by atoms with Gasteiger partial charge in [0.2, 0.25) is 0 Å². The second-order valence-corrected chi connectivity index (χ2v) is 5.32. The summed E-state index contributed by atoms with van der Waals surface area (Å²) in [6.07, 6.45) is 5.63. The van der Waals surface area contributed by atoms with Crippen LogP contribution in [-0.4, -0.2) is 34.5 Å². The molecule has 1 unspecified atom stereocenters. The van der Waals surface area contributed by atoms with Crippen molar-refractivity contribution in [3.05, 3.63) is 58.6 Å². The molecular formula is C16H20N4O. The Kier molecular flexibility index (Phi) is 4.31. The third-order valence-electron chi connectivity index (χ3n) is 3.94. The van der Waals surface area contributed by atoms with E-state index in [9.17, 15) is 4.79 Å². The van der Waals surface area contributed by atoms with Gasteiger partial charge in [-0.2, -0.15) is 0 Å². The fourth-order valence-corrected chi connectivity index (χ4v) is 2.86. The van der Waals surface area contributed by atoms with Gasteiger partial charge in [0.1, 0.15) is 0 Å². The predicted octanol–water partition coefficient (Wildman–Crippen LogP) is 2.02. The van der Waals surface area contributed by atoms with Gasteiger partial charge in [-0.3, -0.25) is 9.69 Å². The average Bonchev–Trinajstić information content (AvgIpc) is 3.04. The van der Waals surface area contributed by atoms with Crippen LogP contribution in [0.15, 0.2) is 47.5 Å². The third-order valence-corrected chi connectivity index (χ3v) is 3.94. The normalized spacial score (nSPS) is 16.8. The van der Waals surface area contributed by atoms with Crippen LogP contribution >= 0.6 is 0 Å². The van der Waals surface area contributed by atoms with Crippen LogP contribution in [0.2, 0.25) is 0 Å². The lowest BCUT2D eigenvalue weighted by molar-refractivity contribution is 0.256. The molecule has 0 saturated carbocycles. The van der Waals surface area contributed by atoms with Gasteiger partial charge in [-0.25, -0.2) is 4.98 Å². The molecule has 1 aromatic carbocycles. The molecule has 1 aliphatic rings. The molecule has 0 amide bonds. The molecule has 1 saturated heterocycles. The van der Waals surface area contributed by atoms with Gasteiger partial charge in [0.25, 0.3) is 5.56 Å². The maximum Gasteiger partial charge on any atom is 0.290 e. The van der Waals surface area contributed by atoms with Crippen molar-refractivity contribution in [2.24, 2.45) is 0 Å². The summed E-state index contributed by atoms with van der Waals surface area (Å²) in [5, 5.41) is 3.19. The first-order valence-electron chi connectivity index (χ1n) is 7.41.